The molecule has 4 saturated heterocycles. The molecule has 0 spiro atoms. The summed E-state index contributed by atoms with van der Waals surface area (Å²) in [5, 5.41) is 31.5. The lowest BCUT2D eigenvalue weighted by Gasteiger charge is -2.38. The smallest absolute Gasteiger partial charge is 0.236 e. The van der Waals surface area contributed by atoms with Gasteiger partial charge in [0.2, 0.25) is 23.6 Å². The summed E-state index contributed by atoms with van der Waals surface area (Å²) in [6.45, 7) is 14.0. The summed E-state index contributed by atoms with van der Waals surface area (Å²) in [6.07, 6.45) is 6.74. The largest absolute Gasteiger partial charge is 0.507 e. The van der Waals surface area contributed by atoms with Crippen LogP contribution in [0.25, 0.3) is 0 Å². The first-order valence-corrected chi connectivity index (χ1v) is 21.1. The maximum absolute atomic E-state index is 14.6. The molecule has 13 heteroatoms. The van der Waals surface area contributed by atoms with Gasteiger partial charge in [-0.2, -0.15) is 0 Å². The van der Waals surface area contributed by atoms with Gasteiger partial charge in [0.25, 0.3) is 0 Å². The average Bonchev–Trinajstić information content (AvgIpc) is 4.02. The molecule has 6 heterocycles. The van der Waals surface area contributed by atoms with Crippen molar-refractivity contribution in [3.63, 3.8) is 0 Å². The number of hydrogen-bond donors (Lipinski definition) is 3. The number of phenolic OH excluding ortho intramolecular Hbond substituents is 2. The van der Waals surface area contributed by atoms with E-state index in [9.17, 15) is 34.5 Å². The van der Waals surface area contributed by atoms with Crippen LogP contribution < -0.4 is 0 Å². The van der Waals surface area contributed by atoms with Crippen LogP contribution in [-0.4, -0.2) is 118 Å². The van der Waals surface area contributed by atoms with Gasteiger partial charge in [-0.15, -0.1) is 0 Å². The number of amides is 4. The molecule has 4 bridgehead atoms. The Labute approximate surface area is 351 Å². The number of methoxy groups -OCH3 is 1. The highest BCUT2D eigenvalue weighted by Crippen LogP contribution is 2.59. The minimum atomic E-state index is -1.18. The molecule has 10 unspecified atom stereocenters. The minimum absolute atomic E-state index is 0.00663. The molecule has 4 amide bonds. The number of likely N-dealkylation sites (tertiary alicyclic amines) is 2. The van der Waals surface area contributed by atoms with Crippen molar-refractivity contribution in [3.8, 4) is 11.5 Å². The fourth-order valence-electron chi connectivity index (χ4n) is 11.4. The third kappa shape index (κ3) is 6.72. The number of hydrogen-bond acceptors (Lipinski definition) is 11. The van der Waals surface area contributed by atoms with Gasteiger partial charge in [-0.3, -0.25) is 29.0 Å². The monoisotopic (exact) mass is 826 g/mol. The number of carbonyl (C=O) groups excluding carboxylic acids is 4. The van der Waals surface area contributed by atoms with Gasteiger partial charge in [-0.1, -0.05) is 69.3 Å². The zero-order valence-corrected chi connectivity index (χ0v) is 35.8. The first-order chi connectivity index (χ1) is 28.3. The van der Waals surface area contributed by atoms with Crippen LogP contribution in [0.5, 0.6) is 11.5 Å². The van der Waals surface area contributed by atoms with E-state index in [4.69, 9.17) is 18.9 Å². The first kappa shape index (κ1) is 42.3. The van der Waals surface area contributed by atoms with E-state index in [0.29, 0.717) is 35.1 Å². The summed E-state index contributed by atoms with van der Waals surface area (Å²) in [6, 6.07) is 7.64. The van der Waals surface area contributed by atoms with E-state index < -0.39 is 64.5 Å². The Hall–Kier alpha value is -4.40. The number of imide groups is 2. The number of ether oxygens (including phenoxy) is 4. The van der Waals surface area contributed by atoms with Crippen molar-refractivity contribution in [3.05, 3.63) is 82.0 Å². The molecule has 60 heavy (non-hydrogen) atoms. The van der Waals surface area contributed by atoms with Gasteiger partial charge < -0.3 is 34.3 Å². The lowest BCUT2D eigenvalue weighted by molar-refractivity contribution is -0.149. The molecule has 4 fully saturated rings. The van der Waals surface area contributed by atoms with Crippen molar-refractivity contribution in [2.24, 2.45) is 35.0 Å². The van der Waals surface area contributed by atoms with Gasteiger partial charge in [0.05, 0.1) is 55.7 Å². The number of carbonyl (C=O) groups is 4. The fraction of sp³-hybridized carbons (Fsp3) is 0.574. The normalized spacial score (nSPS) is 31.1. The summed E-state index contributed by atoms with van der Waals surface area (Å²) in [4.78, 5) is 59.4. The zero-order valence-electron chi connectivity index (χ0n) is 35.8. The number of rotatable bonds is 16. The lowest BCUT2D eigenvalue weighted by atomic mass is 9.66. The van der Waals surface area contributed by atoms with Crippen LogP contribution in [0.3, 0.4) is 0 Å². The van der Waals surface area contributed by atoms with Gasteiger partial charge in [0.1, 0.15) is 28.8 Å². The molecular formula is C47H58N2O11. The van der Waals surface area contributed by atoms with E-state index >= 15 is 0 Å². The zero-order chi connectivity index (χ0) is 43.2. The minimum Gasteiger partial charge on any atom is -0.507 e. The number of benzene rings is 2. The van der Waals surface area contributed by atoms with Crippen LogP contribution >= 0.6 is 0 Å². The van der Waals surface area contributed by atoms with Crippen molar-refractivity contribution < 1.29 is 53.4 Å². The van der Waals surface area contributed by atoms with Crippen molar-refractivity contribution >= 4 is 23.6 Å². The molecule has 8 rings (SSSR count). The Kier molecular flexibility index (Phi) is 10.7. The number of aromatic hydroxyl groups is 2. The molecule has 13 nitrogen and oxygen atoms in total. The Bertz CT molecular complexity index is 2080. The Balaban J connectivity index is 0.957. The van der Waals surface area contributed by atoms with Crippen LogP contribution in [0, 0.1) is 62.7 Å². The number of aliphatic hydroxyl groups excluding tert-OH is 1. The van der Waals surface area contributed by atoms with Gasteiger partial charge in [-0.05, 0) is 85.3 Å². The highest BCUT2D eigenvalue weighted by molar-refractivity contribution is 6.08. The Morgan fingerprint density at radius 1 is 0.767 bits per heavy atom. The maximum atomic E-state index is 14.6. The predicted molar refractivity (Wildman–Crippen MR) is 219 cm³/mol. The van der Waals surface area contributed by atoms with Gasteiger partial charge in [0, 0.05) is 26.1 Å². The number of aliphatic hydroxyl groups is 1. The SMILES string of the molecule is COCC(O)COCC12C=CC(O1)C1C(=O)N(CC(C)(C)CC(C)CCN3C(=O)C4C5C=CC(C(c6cc(C)c(O)c(C)c6)c6cc(C)c(O)c(C)c6)(O5)C4C3=O)C(=O)C12. The van der Waals surface area contributed by atoms with Crippen LogP contribution in [0.1, 0.15) is 72.9 Å². The standard InChI is InChI=1S/C47H58N2O11/c1-24(19-45(6,7)22-49-42(54)34-32-9-12-46(59-32,37(34)43(49)55)23-58-21-31(50)20-57-8)11-14-48-41(53)35-33-10-13-47(60-33,38(35)44(48)56)36(29-15-25(2)39(51)26(3)16-29)30-17-27(4)40(52)28(5)18-30/h9-10,12-13,15-18,24,31-38,50-52H,11,14,19-23H2,1-8H3. The summed E-state index contributed by atoms with van der Waals surface area (Å²) in [7, 11) is 1.49. The van der Waals surface area contributed by atoms with E-state index in [1.807, 2.05) is 90.1 Å². The first-order valence-electron chi connectivity index (χ1n) is 21.1. The number of nitrogens with zero attached hydrogens (tertiary/aromatic N) is 2. The van der Waals surface area contributed by atoms with Crippen molar-refractivity contribution in [2.75, 3.05) is 40.0 Å². The van der Waals surface area contributed by atoms with E-state index in [0.717, 1.165) is 11.1 Å². The topological polar surface area (TPSA) is 172 Å². The number of fused-ring (bicyclic) bond motifs is 10. The van der Waals surface area contributed by atoms with Crippen LogP contribution in [-0.2, 0) is 38.1 Å². The van der Waals surface area contributed by atoms with Crippen LogP contribution in [0.4, 0.5) is 0 Å². The van der Waals surface area contributed by atoms with Crippen LogP contribution in [0.2, 0.25) is 0 Å². The lowest BCUT2D eigenvalue weighted by Crippen LogP contribution is -2.46. The molecule has 322 valence electrons. The third-order valence-corrected chi connectivity index (χ3v) is 13.9. The molecule has 2 aromatic rings. The van der Waals surface area contributed by atoms with Gasteiger partial charge >= 0.3 is 0 Å². The summed E-state index contributed by atoms with van der Waals surface area (Å²) in [5.41, 5.74) is 1.68. The molecule has 6 aliphatic heterocycles. The van der Waals surface area contributed by atoms with E-state index in [2.05, 4.69) is 6.92 Å². The van der Waals surface area contributed by atoms with Gasteiger partial charge in [0.15, 0.2) is 0 Å². The van der Waals surface area contributed by atoms with Crippen molar-refractivity contribution in [1.82, 2.24) is 9.80 Å². The molecule has 6 aliphatic rings. The van der Waals surface area contributed by atoms with E-state index in [1.165, 1.54) is 16.9 Å². The summed E-state index contributed by atoms with van der Waals surface area (Å²) < 4.78 is 23.7. The average molecular weight is 827 g/mol. The van der Waals surface area contributed by atoms with E-state index in [1.54, 1.807) is 0 Å². The second-order valence-electron chi connectivity index (χ2n) is 19.1. The molecule has 10 atom stereocenters. The van der Waals surface area contributed by atoms with Crippen molar-refractivity contribution in [2.45, 2.75) is 96.7 Å². The number of aryl methyl sites for hydroxylation is 4. The Morgan fingerprint density at radius 2 is 1.30 bits per heavy atom. The van der Waals surface area contributed by atoms with Crippen molar-refractivity contribution in [1.29, 1.82) is 0 Å². The van der Waals surface area contributed by atoms with Crippen LogP contribution in [0.15, 0.2) is 48.6 Å². The molecule has 0 aliphatic carbocycles. The molecule has 0 saturated carbocycles. The van der Waals surface area contributed by atoms with Gasteiger partial charge in [-0.25, -0.2) is 0 Å². The quantitative estimate of drug-likeness (QED) is 0.160. The third-order valence-electron chi connectivity index (χ3n) is 13.9. The molecular weight excluding hydrogens is 769 g/mol. The second-order valence-corrected chi connectivity index (χ2v) is 19.1. The second kappa shape index (κ2) is 15.2. The van der Waals surface area contributed by atoms with E-state index in [-0.39, 0.29) is 74.0 Å². The molecule has 2 aromatic carbocycles. The molecule has 3 N–H and O–H groups in total. The summed E-state index contributed by atoms with van der Waals surface area (Å²) in [5.74, 6) is -3.96. The highest BCUT2D eigenvalue weighted by atomic mass is 16.6. The molecule has 0 radical (unpaired) electrons. The highest BCUT2D eigenvalue weighted by Gasteiger charge is 2.70. The molecule has 0 aromatic heterocycles. The Morgan fingerprint density at radius 3 is 1.90 bits per heavy atom. The predicted octanol–water partition coefficient (Wildman–Crippen LogP) is 4.55. The maximum Gasteiger partial charge on any atom is 0.236 e. The summed E-state index contributed by atoms with van der Waals surface area (Å²) >= 11 is 0. The number of phenols is 2. The fourth-order valence-corrected chi connectivity index (χ4v) is 11.4.